The normalized spacial score (nSPS) is 12.5. The Labute approximate surface area is 119 Å². The van der Waals surface area contributed by atoms with Gasteiger partial charge in [0.25, 0.3) is 0 Å². The molecule has 1 nitrogen and oxygen atoms in total. The largest absolute Gasteiger partial charge is 0.309 e. The molecule has 1 unspecified atom stereocenters. The number of hydrogen-bond donors (Lipinski definition) is 1. The molecule has 0 saturated carbocycles. The molecule has 2 rings (SSSR count). The van der Waals surface area contributed by atoms with Crippen molar-refractivity contribution < 1.29 is 8.78 Å². The predicted molar refractivity (Wildman–Crippen MR) is 76.1 cm³/mol. The van der Waals surface area contributed by atoms with Crippen molar-refractivity contribution in [3.8, 4) is 0 Å². The fourth-order valence-corrected chi connectivity index (χ4v) is 2.56. The van der Waals surface area contributed by atoms with Crippen LogP contribution in [-0.2, 0) is 0 Å². The van der Waals surface area contributed by atoms with Crippen LogP contribution in [0.4, 0.5) is 8.78 Å². The summed E-state index contributed by atoms with van der Waals surface area (Å²) in [7, 11) is 1.69. The molecule has 0 bridgehead atoms. The molecule has 0 heterocycles. The van der Waals surface area contributed by atoms with Crippen molar-refractivity contribution in [2.24, 2.45) is 0 Å². The van der Waals surface area contributed by atoms with E-state index in [2.05, 4.69) is 21.2 Å². The molecule has 2 aromatic carbocycles. The maximum atomic E-state index is 14.0. The highest BCUT2D eigenvalue weighted by atomic mass is 79.9. The van der Waals surface area contributed by atoms with Crippen LogP contribution in [-0.4, -0.2) is 7.05 Å². The highest BCUT2D eigenvalue weighted by Crippen LogP contribution is 2.29. The Kier molecular flexibility index (Phi) is 4.32. The predicted octanol–water partition coefficient (Wildman–Crippen LogP) is 4.34. The SMILES string of the molecule is CNC(c1cccc(C)c1)c1c(F)cc(Br)cc1F. The van der Waals surface area contributed by atoms with E-state index in [1.807, 2.05) is 31.2 Å². The van der Waals surface area contributed by atoms with E-state index >= 15 is 0 Å². The van der Waals surface area contributed by atoms with E-state index in [0.717, 1.165) is 11.1 Å². The second kappa shape index (κ2) is 5.80. The van der Waals surface area contributed by atoms with Gasteiger partial charge in [-0.2, -0.15) is 0 Å². The number of rotatable bonds is 3. The van der Waals surface area contributed by atoms with Gasteiger partial charge in [0.1, 0.15) is 11.6 Å². The van der Waals surface area contributed by atoms with Crippen LogP contribution in [0.3, 0.4) is 0 Å². The van der Waals surface area contributed by atoms with Crippen molar-refractivity contribution in [3.63, 3.8) is 0 Å². The van der Waals surface area contributed by atoms with Crippen LogP contribution in [0.25, 0.3) is 0 Å². The second-order valence-corrected chi connectivity index (χ2v) is 5.33. The van der Waals surface area contributed by atoms with Gasteiger partial charge in [0.2, 0.25) is 0 Å². The van der Waals surface area contributed by atoms with Crippen LogP contribution >= 0.6 is 15.9 Å². The Morgan fingerprint density at radius 2 is 1.74 bits per heavy atom. The summed E-state index contributed by atoms with van der Waals surface area (Å²) in [6.45, 7) is 1.95. The molecule has 1 N–H and O–H groups in total. The van der Waals surface area contributed by atoms with Crippen molar-refractivity contribution in [1.82, 2.24) is 5.32 Å². The molecule has 0 aliphatic carbocycles. The van der Waals surface area contributed by atoms with E-state index < -0.39 is 17.7 Å². The number of benzene rings is 2. The van der Waals surface area contributed by atoms with Gasteiger partial charge in [0.15, 0.2) is 0 Å². The highest BCUT2D eigenvalue weighted by molar-refractivity contribution is 9.10. The molecule has 19 heavy (non-hydrogen) atoms. The van der Waals surface area contributed by atoms with Gasteiger partial charge < -0.3 is 5.32 Å². The lowest BCUT2D eigenvalue weighted by Gasteiger charge is -2.19. The molecule has 0 amide bonds. The molecule has 2 aromatic rings. The lowest BCUT2D eigenvalue weighted by Crippen LogP contribution is -2.20. The van der Waals surface area contributed by atoms with Gasteiger partial charge in [-0.25, -0.2) is 8.78 Å². The van der Waals surface area contributed by atoms with Gasteiger partial charge in [0.05, 0.1) is 6.04 Å². The topological polar surface area (TPSA) is 12.0 Å². The first kappa shape index (κ1) is 14.2. The lowest BCUT2D eigenvalue weighted by molar-refractivity contribution is 0.521. The zero-order valence-electron chi connectivity index (χ0n) is 10.7. The third-order valence-corrected chi connectivity index (χ3v) is 3.45. The van der Waals surface area contributed by atoms with E-state index in [1.165, 1.54) is 12.1 Å². The van der Waals surface area contributed by atoms with Crippen molar-refractivity contribution >= 4 is 15.9 Å². The standard InChI is InChI=1S/C15H14BrF2N/c1-9-4-3-5-10(6-9)15(19-2)14-12(17)7-11(16)8-13(14)18/h3-8,15,19H,1-2H3. The molecule has 0 saturated heterocycles. The Hall–Kier alpha value is -1.26. The monoisotopic (exact) mass is 325 g/mol. The van der Waals surface area contributed by atoms with Crippen LogP contribution in [0.2, 0.25) is 0 Å². The zero-order chi connectivity index (χ0) is 14.0. The van der Waals surface area contributed by atoms with Crippen LogP contribution in [0.15, 0.2) is 40.9 Å². The summed E-state index contributed by atoms with van der Waals surface area (Å²) in [5.41, 5.74) is 1.93. The summed E-state index contributed by atoms with van der Waals surface area (Å²) >= 11 is 3.09. The van der Waals surface area contributed by atoms with E-state index in [4.69, 9.17) is 0 Å². The van der Waals surface area contributed by atoms with E-state index in [-0.39, 0.29) is 5.56 Å². The van der Waals surface area contributed by atoms with Gasteiger partial charge in [-0.15, -0.1) is 0 Å². The molecular weight excluding hydrogens is 312 g/mol. The van der Waals surface area contributed by atoms with E-state index in [0.29, 0.717) is 4.47 Å². The molecule has 0 radical (unpaired) electrons. The summed E-state index contributed by atoms with van der Waals surface area (Å²) in [5.74, 6) is -1.12. The Morgan fingerprint density at radius 3 is 2.26 bits per heavy atom. The smallest absolute Gasteiger partial charge is 0.132 e. The van der Waals surface area contributed by atoms with Gasteiger partial charge in [0, 0.05) is 10.0 Å². The first-order valence-corrected chi connectivity index (χ1v) is 6.70. The first-order chi connectivity index (χ1) is 9.02. The number of nitrogens with one attached hydrogen (secondary N) is 1. The molecule has 0 aromatic heterocycles. The Morgan fingerprint density at radius 1 is 1.11 bits per heavy atom. The van der Waals surface area contributed by atoms with Crippen LogP contribution < -0.4 is 5.32 Å². The summed E-state index contributed by atoms with van der Waals surface area (Å²) in [5, 5.41) is 2.97. The van der Waals surface area contributed by atoms with Gasteiger partial charge in [-0.05, 0) is 31.7 Å². The second-order valence-electron chi connectivity index (χ2n) is 4.42. The minimum atomic E-state index is -0.562. The van der Waals surface area contributed by atoms with Gasteiger partial charge in [-0.1, -0.05) is 45.8 Å². The molecule has 0 fully saturated rings. The highest BCUT2D eigenvalue weighted by Gasteiger charge is 2.21. The van der Waals surface area contributed by atoms with Crippen molar-refractivity contribution in [3.05, 3.63) is 69.2 Å². The summed E-state index contributed by atoms with van der Waals surface area (Å²) < 4.78 is 28.4. The lowest BCUT2D eigenvalue weighted by atomic mass is 9.96. The van der Waals surface area contributed by atoms with E-state index in [1.54, 1.807) is 7.05 Å². The summed E-state index contributed by atoms with van der Waals surface area (Å²) in [6.07, 6.45) is 0. The molecule has 0 spiro atoms. The fourth-order valence-electron chi connectivity index (χ4n) is 2.16. The van der Waals surface area contributed by atoms with Crippen LogP contribution in [0, 0.1) is 18.6 Å². The molecule has 0 aliphatic heterocycles. The Bertz CT molecular complexity index is 575. The molecular formula is C15H14BrF2N. The van der Waals surface area contributed by atoms with E-state index in [9.17, 15) is 8.78 Å². The molecule has 4 heteroatoms. The minimum absolute atomic E-state index is 0.0382. The summed E-state index contributed by atoms with van der Waals surface area (Å²) in [6, 6.07) is 9.65. The average molecular weight is 326 g/mol. The average Bonchev–Trinajstić information content (AvgIpc) is 2.33. The quantitative estimate of drug-likeness (QED) is 0.884. The first-order valence-electron chi connectivity index (χ1n) is 5.91. The van der Waals surface area contributed by atoms with Gasteiger partial charge >= 0.3 is 0 Å². The number of hydrogen-bond acceptors (Lipinski definition) is 1. The Balaban J connectivity index is 2.54. The zero-order valence-corrected chi connectivity index (χ0v) is 12.3. The number of aryl methyl sites for hydroxylation is 1. The van der Waals surface area contributed by atoms with Crippen molar-refractivity contribution in [1.29, 1.82) is 0 Å². The van der Waals surface area contributed by atoms with Gasteiger partial charge in [-0.3, -0.25) is 0 Å². The third-order valence-electron chi connectivity index (χ3n) is 3.00. The van der Waals surface area contributed by atoms with Crippen molar-refractivity contribution in [2.75, 3.05) is 7.05 Å². The maximum Gasteiger partial charge on any atom is 0.132 e. The molecule has 100 valence electrons. The molecule has 1 atom stereocenters. The maximum absolute atomic E-state index is 14.0. The van der Waals surface area contributed by atoms with Crippen LogP contribution in [0.5, 0.6) is 0 Å². The van der Waals surface area contributed by atoms with Crippen LogP contribution in [0.1, 0.15) is 22.7 Å². The summed E-state index contributed by atoms with van der Waals surface area (Å²) in [4.78, 5) is 0. The fraction of sp³-hybridized carbons (Fsp3) is 0.200. The minimum Gasteiger partial charge on any atom is -0.309 e. The molecule has 0 aliphatic rings. The van der Waals surface area contributed by atoms with Crippen molar-refractivity contribution in [2.45, 2.75) is 13.0 Å². The number of halogens is 3. The third kappa shape index (κ3) is 3.01.